The van der Waals surface area contributed by atoms with Crippen LogP contribution in [-0.2, 0) is 11.2 Å². The molecular weight excluding hydrogens is 228 g/mol. The van der Waals surface area contributed by atoms with Crippen LogP contribution in [0.4, 0.5) is 0 Å². The van der Waals surface area contributed by atoms with Gasteiger partial charge in [0.05, 0.1) is 5.75 Å². The molecule has 2 heteroatoms. The fourth-order valence-corrected chi connectivity index (χ4v) is 3.51. The standard InChI is InChI=1S/C15H20OS/c16-15(10-13-6-2-1-3-7-13)12-17-11-14-8-4-5-9-14/h1-3,6-7,14H,4-5,8-12H2. The maximum Gasteiger partial charge on any atom is 0.147 e. The summed E-state index contributed by atoms with van der Waals surface area (Å²) >= 11 is 1.83. The number of rotatable bonds is 6. The van der Waals surface area contributed by atoms with Crippen LogP contribution in [0.2, 0.25) is 0 Å². The first-order valence-corrected chi connectivity index (χ1v) is 7.63. The number of carbonyl (C=O) groups is 1. The third-order valence-corrected chi connectivity index (χ3v) is 4.57. The Labute approximate surface area is 108 Å². The lowest BCUT2D eigenvalue weighted by Gasteiger charge is -2.07. The van der Waals surface area contributed by atoms with Crippen LogP contribution in [0.1, 0.15) is 31.2 Å². The molecule has 17 heavy (non-hydrogen) atoms. The molecule has 0 unspecified atom stereocenters. The van der Waals surface area contributed by atoms with Gasteiger partial charge < -0.3 is 0 Å². The van der Waals surface area contributed by atoms with Gasteiger partial charge in [0, 0.05) is 6.42 Å². The Morgan fingerprint density at radius 1 is 1.18 bits per heavy atom. The van der Waals surface area contributed by atoms with Gasteiger partial charge in [-0.1, -0.05) is 43.2 Å². The van der Waals surface area contributed by atoms with Gasteiger partial charge in [0.2, 0.25) is 0 Å². The van der Waals surface area contributed by atoms with Crippen molar-refractivity contribution in [3.63, 3.8) is 0 Å². The third-order valence-electron chi connectivity index (χ3n) is 3.34. The van der Waals surface area contributed by atoms with Gasteiger partial charge in [-0.15, -0.1) is 0 Å². The van der Waals surface area contributed by atoms with Crippen molar-refractivity contribution in [1.82, 2.24) is 0 Å². The van der Waals surface area contributed by atoms with E-state index in [2.05, 4.69) is 0 Å². The molecule has 0 N–H and O–H groups in total. The molecule has 1 fully saturated rings. The van der Waals surface area contributed by atoms with Crippen molar-refractivity contribution in [2.45, 2.75) is 32.1 Å². The topological polar surface area (TPSA) is 17.1 Å². The van der Waals surface area contributed by atoms with Crippen LogP contribution in [0.5, 0.6) is 0 Å². The van der Waals surface area contributed by atoms with Crippen LogP contribution in [0.3, 0.4) is 0 Å². The van der Waals surface area contributed by atoms with Crippen LogP contribution >= 0.6 is 11.8 Å². The first kappa shape index (κ1) is 12.7. The fraction of sp³-hybridized carbons (Fsp3) is 0.533. The average molecular weight is 248 g/mol. The Morgan fingerprint density at radius 2 is 1.88 bits per heavy atom. The summed E-state index contributed by atoms with van der Waals surface area (Å²) in [5.74, 6) is 3.11. The van der Waals surface area contributed by atoms with Gasteiger partial charge in [-0.05, 0) is 30.1 Å². The molecule has 1 aromatic rings. The van der Waals surface area contributed by atoms with Crippen molar-refractivity contribution in [3.8, 4) is 0 Å². The third kappa shape index (κ3) is 4.55. The number of hydrogen-bond acceptors (Lipinski definition) is 2. The Bertz CT molecular complexity index is 341. The van der Waals surface area contributed by atoms with Crippen LogP contribution in [0, 0.1) is 5.92 Å². The molecule has 0 atom stereocenters. The predicted molar refractivity (Wildman–Crippen MR) is 74.4 cm³/mol. The lowest BCUT2D eigenvalue weighted by molar-refractivity contribution is -0.116. The van der Waals surface area contributed by atoms with E-state index >= 15 is 0 Å². The van der Waals surface area contributed by atoms with Gasteiger partial charge in [0.1, 0.15) is 5.78 Å². The molecule has 1 aromatic carbocycles. The summed E-state index contributed by atoms with van der Waals surface area (Å²) in [4.78, 5) is 11.8. The maximum absolute atomic E-state index is 11.8. The highest BCUT2D eigenvalue weighted by Gasteiger charge is 2.15. The molecule has 1 nitrogen and oxygen atoms in total. The number of Topliss-reactive ketones (excluding diaryl/α,β-unsaturated/α-hetero) is 1. The van der Waals surface area contributed by atoms with Gasteiger partial charge in [-0.3, -0.25) is 4.79 Å². The van der Waals surface area contributed by atoms with E-state index in [4.69, 9.17) is 0 Å². The zero-order valence-electron chi connectivity index (χ0n) is 10.2. The Balaban J connectivity index is 1.64. The summed E-state index contributed by atoms with van der Waals surface area (Å²) in [6, 6.07) is 10.0. The summed E-state index contributed by atoms with van der Waals surface area (Å²) in [7, 11) is 0. The van der Waals surface area contributed by atoms with Crippen molar-refractivity contribution < 1.29 is 4.79 Å². The molecule has 0 bridgehead atoms. The molecule has 1 aliphatic rings. The Morgan fingerprint density at radius 3 is 2.59 bits per heavy atom. The van der Waals surface area contributed by atoms with Gasteiger partial charge >= 0.3 is 0 Å². The van der Waals surface area contributed by atoms with Crippen LogP contribution in [0.15, 0.2) is 30.3 Å². The average Bonchev–Trinajstić information content (AvgIpc) is 2.83. The smallest absolute Gasteiger partial charge is 0.147 e. The van der Waals surface area contributed by atoms with E-state index < -0.39 is 0 Å². The largest absolute Gasteiger partial charge is 0.298 e. The second-order valence-corrected chi connectivity index (χ2v) is 5.90. The van der Waals surface area contributed by atoms with Crippen molar-refractivity contribution in [2.24, 2.45) is 5.92 Å². The highest BCUT2D eigenvalue weighted by molar-refractivity contribution is 7.99. The zero-order valence-corrected chi connectivity index (χ0v) is 11.0. The maximum atomic E-state index is 11.8. The predicted octanol–water partition coefficient (Wildman–Crippen LogP) is 3.72. The fourth-order valence-electron chi connectivity index (χ4n) is 2.39. The molecule has 0 aliphatic heterocycles. The van der Waals surface area contributed by atoms with Crippen molar-refractivity contribution in [3.05, 3.63) is 35.9 Å². The van der Waals surface area contributed by atoms with Gasteiger partial charge in [-0.25, -0.2) is 0 Å². The normalized spacial score (nSPS) is 16.2. The summed E-state index contributed by atoms with van der Waals surface area (Å²) < 4.78 is 0. The summed E-state index contributed by atoms with van der Waals surface area (Å²) in [5.41, 5.74) is 1.14. The quantitative estimate of drug-likeness (QED) is 0.763. The molecule has 2 rings (SSSR count). The molecule has 1 saturated carbocycles. The SMILES string of the molecule is O=C(CSCC1CCCC1)Cc1ccccc1. The molecule has 0 saturated heterocycles. The van der Waals surface area contributed by atoms with E-state index in [1.807, 2.05) is 42.1 Å². The van der Waals surface area contributed by atoms with E-state index in [9.17, 15) is 4.79 Å². The van der Waals surface area contributed by atoms with Crippen LogP contribution in [0.25, 0.3) is 0 Å². The monoisotopic (exact) mass is 248 g/mol. The molecular formula is C15H20OS. The summed E-state index contributed by atoms with van der Waals surface area (Å²) in [6.45, 7) is 0. The minimum Gasteiger partial charge on any atom is -0.298 e. The first-order chi connectivity index (χ1) is 8.34. The number of benzene rings is 1. The summed E-state index contributed by atoms with van der Waals surface area (Å²) in [6.07, 6.45) is 6.13. The molecule has 92 valence electrons. The Kier molecular flexibility index (Phi) is 5.11. The van der Waals surface area contributed by atoms with Crippen molar-refractivity contribution in [2.75, 3.05) is 11.5 Å². The number of hydrogen-bond donors (Lipinski definition) is 0. The minimum absolute atomic E-state index is 0.360. The molecule has 0 aromatic heterocycles. The molecule has 0 heterocycles. The molecule has 1 aliphatic carbocycles. The van der Waals surface area contributed by atoms with Gasteiger partial charge in [-0.2, -0.15) is 11.8 Å². The lowest BCUT2D eigenvalue weighted by atomic mass is 10.1. The van der Waals surface area contributed by atoms with E-state index in [1.165, 1.54) is 31.4 Å². The zero-order chi connectivity index (χ0) is 11.9. The first-order valence-electron chi connectivity index (χ1n) is 6.48. The van der Waals surface area contributed by atoms with E-state index in [0.29, 0.717) is 18.0 Å². The minimum atomic E-state index is 0.360. The molecule has 0 amide bonds. The second-order valence-electron chi connectivity index (χ2n) is 4.87. The number of ketones is 1. The Hall–Kier alpha value is -0.760. The van der Waals surface area contributed by atoms with Crippen molar-refractivity contribution in [1.29, 1.82) is 0 Å². The van der Waals surface area contributed by atoms with Gasteiger partial charge in [0.25, 0.3) is 0 Å². The van der Waals surface area contributed by atoms with E-state index in [1.54, 1.807) is 0 Å². The summed E-state index contributed by atoms with van der Waals surface area (Å²) in [5, 5.41) is 0. The highest BCUT2D eigenvalue weighted by atomic mass is 32.2. The van der Waals surface area contributed by atoms with Crippen molar-refractivity contribution >= 4 is 17.5 Å². The van der Waals surface area contributed by atoms with Crippen LogP contribution in [-0.4, -0.2) is 17.3 Å². The number of thioether (sulfide) groups is 1. The molecule has 0 spiro atoms. The van der Waals surface area contributed by atoms with E-state index in [0.717, 1.165) is 11.5 Å². The lowest BCUT2D eigenvalue weighted by Crippen LogP contribution is -2.08. The van der Waals surface area contributed by atoms with Gasteiger partial charge in [0.15, 0.2) is 0 Å². The van der Waals surface area contributed by atoms with Crippen LogP contribution < -0.4 is 0 Å². The number of carbonyl (C=O) groups excluding carboxylic acids is 1. The highest BCUT2D eigenvalue weighted by Crippen LogP contribution is 2.27. The molecule has 0 radical (unpaired) electrons. The second kappa shape index (κ2) is 6.85. The van der Waals surface area contributed by atoms with E-state index in [-0.39, 0.29) is 0 Å².